The van der Waals surface area contributed by atoms with E-state index in [1.165, 1.54) is 6.08 Å². The number of hydrogen-bond acceptors (Lipinski definition) is 3. The molecule has 0 radical (unpaired) electrons. The predicted octanol–water partition coefficient (Wildman–Crippen LogP) is 1.69. The van der Waals surface area contributed by atoms with Crippen molar-refractivity contribution >= 4 is 11.7 Å². The van der Waals surface area contributed by atoms with Crippen molar-refractivity contribution in [1.29, 1.82) is 0 Å². The molecule has 0 aliphatic heterocycles. The predicted molar refractivity (Wildman–Crippen MR) is 52.6 cm³/mol. The Morgan fingerprint density at radius 1 is 1.54 bits per heavy atom. The molecule has 0 heterocycles. The van der Waals surface area contributed by atoms with Crippen LogP contribution in [0.3, 0.4) is 0 Å². The Labute approximate surface area is 78.6 Å². The Morgan fingerprint density at radius 3 is 2.38 bits per heavy atom. The van der Waals surface area contributed by atoms with Crippen molar-refractivity contribution in [2.75, 3.05) is 7.05 Å². The number of hydrazone groups is 1. The summed E-state index contributed by atoms with van der Waals surface area (Å²) in [6.45, 7) is 5.63. The number of carbonyl (C=O) groups is 1. The van der Waals surface area contributed by atoms with Crippen molar-refractivity contribution in [3.05, 3.63) is 11.8 Å². The van der Waals surface area contributed by atoms with Crippen molar-refractivity contribution in [1.82, 2.24) is 5.01 Å². The lowest BCUT2D eigenvalue weighted by Gasteiger charge is -2.15. The van der Waals surface area contributed by atoms with Gasteiger partial charge in [-0.2, -0.15) is 5.10 Å². The lowest BCUT2D eigenvalue weighted by atomic mass is 10.3. The van der Waals surface area contributed by atoms with Crippen LogP contribution in [-0.4, -0.2) is 28.8 Å². The summed E-state index contributed by atoms with van der Waals surface area (Å²) in [6.07, 6.45) is 1.83. The Morgan fingerprint density at radius 2 is 2.08 bits per heavy atom. The summed E-state index contributed by atoms with van der Waals surface area (Å²) in [5.74, 6) is -0.937. The van der Waals surface area contributed by atoms with Gasteiger partial charge in [-0.25, -0.2) is 4.79 Å². The van der Waals surface area contributed by atoms with Crippen molar-refractivity contribution in [2.45, 2.75) is 27.2 Å². The molecule has 4 nitrogen and oxygen atoms in total. The Balaban J connectivity index is 4.59. The highest BCUT2D eigenvalue weighted by molar-refractivity contribution is 5.81. The zero-order valence-electron chi connectivity index (χ0n) is 8.53. The molecule has 0 spiro atoms. The first kappa shape index (κ1) is 11.7. The molecule has 13 heavy (non-hydrogen) atoms. The largest absolute Gasteiger partial charge is 0.478 e. The zero-order chi connectivity index (χ0) is 10.4. The molecule has 0 aliphatic rings. The fourth-order valence-corrected chi connectivity index (χ4v) is 0.931. The third-order valence-electron chi connectivity index (χ3n) is 1.42. The number of rotatable bonds is 4. The highest BCUT2D eigenvalue weighted by atomic mass is 16.4. The second kappa shape index (κ2) is 5.35. The van der Waals surface area contributed by atoms with Crippen LogP contribution in [0.2, 0.25) is 0 Å². The monoisotopic (exact) mass is 184 g/mol. The Kier molecular flexibility index (Phi) is 4.80. The van der Waals surface area contributed by atoms with Gasteiger partial charge < -0.3 is 5.11 Å². The normalized spacial score (nSPS) is 10.9. The first-order valence-corrected chi connectivity index (χ1v) is 4.16. The maximum atomic E-state index is 10.4. The molecule has 4 heteroatoms. The van der Waals surface area contributed by atoms with Gasteiger partial charge in [0.05, 0.1) is 0 Å². The molecule has 0 bridgehead atoms. The number of aliphatic carboxylic acids is 1. The summed E-state index contributed by atoms with van der Waals surface area (Å²) in [6, 6.07) is 0. The van der Waals surface area contributed by atoms with Crippen molar-refractivity contribution in [3.8, 4) is 0 Å². The van der Waals surface area contributed by atoms with Crippen LogP contribution in [0.5, 0.6) is 0 Å². The molecule has 0 saturated carbocycles. The van der Waals surface area contributed by atoms with Crippen LogP contribution in [0.4, 0.5) is 0 Å². The van der Waals surface area contributed by atoms with E-state index in [0.717, 1.165) is 5.71 Å². The van der Waals surface area contributed by atoms with Crippen LogP contribution in [0.1, 0.15) is 27.2 Å². The molecule has 1 N–H and O–H groups in total. The molecule has 0 fully saturated rings. The summed E-state index contributed by atoms with van der Waals surface area (Å²) in [5.41, 5.74) is 1.58. The van der Waals surface area contributed by atoms with E-state index in [4.69, 9.17) is 5.11 Å². The van der Waals surface area contributed by atoms with E-state index in [-0.39, 0.29) is 0 Å². The van der Waals surface area contributed by atoms with Crippen LogP contribution < -0.4 is 0 Å². The minimum Gasteiger partial charge on any atom is -0.478 e. The van der Waals surface area contributed by atoms with Crippen LogP contribution in [0.15, 0.2) is 16.9 Å². The molecule has 74 valence electrons. The quantitative estimate of drug-likeness (QED) is 0.411. The lowest BCUT2D eigenvalue weighted by Crippen LogP contribution is -2.13. The Bertz CT molecular complexity index is 240. The van der Waals surface area contributed by atoms with Crippen molar-refractivity contribution in [2.24, 2.45) is 5.10 Å². The molecular formula is C9H16N2O2. The average molecular weight is 184 g/mol. The van der Waals surface area contributed by atoms with E-state index in [1.807, 2.05) is 20.8 Å². The summed E-state index contributed by atoms with van der Waals surface area (Å²) in [4.78, 5) is 10.4. The lowest BCUT2D eigenvalue weighted by molar-refractivity contribution is -0.131. The molecule has 0 rings (SSSR count). The second-order valence-electron chi connectivity index (χ2n) is 2.90. The first-order chi connectivity index (χ1) is 5.97. The standard InChI is InChI=1S/C9H16N2O2/c1-5-8(6-9(12)13)11(4)10-7(2)3/h6H,5H2,1-4H3,(H,12,13)/b8-6-. The van der Waals surface area contributed by atoms with Crippen molar-refractivity contribution < 1.29 is 9.90 Å². The van der Waals surface area contributed by atoms with Gasteiger partial charge >= 0.3 is 5.97 Å². The SMILES string of the molecule is CC/C(=C/C(=O)O)N(C)N=C(C)C. The van der Waals surface area contributed by atoms with Gasteiger partial charge in [0.25, 0.3) is 0 Å². The van der Waals surface area contributed by atoms with Gasteiger partial charge in [0.2, 0.25) is 0 Å². The molecule has 0 aromatic rings. The van der Waals surface area contributed by atoms with E-state index < -0.39 is 5.97 Å². The number of nitrogens with zero attached hydrogens (tertiary/aromatic N) is 2. The maximum Gasteiger partial charge on any atom is 0.330 e. The van der Waals surface area contributed by atoms with Gasteiger partial charge in [0.15, 0.2) is 0 Å². The van der Waals surface area contributed by atoms with Crippen LogP contribution in [0, 0.1) is 0 Å². The summed E-state index contributed by atoms with van der Waals surface area (Å²) in [7, 11) is 1.74. The minimum atomic E-state index is -0.937. The smallest absolute Gasteiger partial charge is 0.330 e. The first-order valence-electron chi connectivity index (χ1n) is 4.16. The van der Waals surface area contributed by atoms with Gasteiger partial charge in [0.1, 0.15) is 0 Å². The van der Waals surface area contributed by atoms with Crippen LogP contribution in [-0.2, 0) is 4.79 Å². The second-order valence-corrected chi connectivity index (χ2v) is 2.90. The van der Waals surface area contributed by atoms with E-state index in [2.05, 4.69) is 5.10 Å². The molecule has 0 aliphatic carbocycles. The van der Waals surface area contributed by atoms with E-state index >= 15 is 0 Å². The number of carboxylic acid groups (broad SMARTS) is 1. The van der Waals surface area contributed by atoms with Gasteiger partial charge in [-0.05, 0) is 20.3 Å². The van der Waals surface area contributed by atoms with Gasteiger partial charge in [-0.3, -0.25) is 5.01 Å². The minimum absolute atomic E-state index is 0.652. The fraction of sp³-hybridized carbons (Fsp3) is 0.556. The van der Waals surface area contributed by atoms with Gasteiger partial charge in [-0.1, -0.05) is 6.92 Å². The third-order valence-corrected chi connectivity index (χ3v) is 1.42. The summed E-state index contributed by atoms with van der Waals surface area (Å²) < 4.78 is 0. The molecule has 0 aromatic carbocycles. The fourth-order valence-electron chi connectivity index (χ4n) is 0.931. The molecule has 0 unspecified atom stereocenters. The molecule has 0 saturated heterocycles. The molecular weight excluding hydrogens is 168 g/mol. The van der Waals surface area contributed by atoms with Crippen molar-refractivity contribution in [3.63, 3.8) is 0 Å². The highest BCUT2D eigenvalue weighted by Gasteiger charge is 2.02. The summed E-state index contributed by atoms with van der Waals surface area (Å²) in [5, 5.41) is 14.3. The Hall–Kier alpha value is -1.32. The van der Waals surface area contributed by atoms with Gasteiger partial charge in [-0.15, -0.1) is 0 Å². The third kappa shape index (κ3) is 5.00. The molecule has 0 aromatic heterocycles. The highest BCUT2D eigenvalue weighted by Crippen LogP contribution is 2.06. The summed E-state index contributed by atoms with van der Waals surface area (Å²) >= 11 is 0. The number of hydrogen-bond donors (Lipinski definition) is 1. The van der Waals surface area contributed by atoms with E-state index in [0.29, 0.717) is 12.1 Å². The number of carboxylic acids is 1. The maximum absolute atomic E-state index is 10.4. The van der Waals surface area contributed by atoms with E-state index in [9.17, 15) is 4.79 Å². The van der Waals surface area contributed by atoms with E-state index in [1.54, 1.807) is 12.1 Å². The zero-order valence-corrected chi connectivity index (χ0v) is 8.53. The number of allylic oxidation sites excluding steroid dienone is 1. The van der Waals surface area contributed by atoms with Gasteiger partial charge in [0, 0.05) is 24.5 Å². The molecule has 0 amide bonds. The topological polar surface area (TPSA) is 52.9 Å². The molecule has 0 atom stereocenters. The van der Waals surface area contributed by atoms with Crippen LogP contribution >= 0.6 is 0 Å². The average Bonchev–Trinajstić information content (AvgIpc) is 1.98. The van der Waals surface area contributed by atoms with Crippen LogP contribution in [0.25, 0.3) is 0 Å².